The zero-order valence-corrected chi connectivity index (χ0v) is 15.2. The van der Waals surface area contributed by atoms with E-state index in [-0.39, 0.29) is 11.7 Å². The van der Waals surface area contributed by atoms with Crippen molar-refractivity contribution in [2.45, 2.75) is 51.5 Å². The number of nitrogens with one attached hydrogen (secondary N) is 2. The third-order valence-corrected chi connectivity index (χ3v) is 4.62. The molecule has 25 heavy (non-hydrogen) atoms. The van der Waals surface area contributed by atoms with Crippen molar-refractivity contribution in [2.24, 2.45) is 0 Å². The maximum absolute atomic E-state index is 13.2. The van der Waals surface area contributed by atoms with Gasteiger partial charge < -0.3 is 15.5 Å². The molecule has 1 atom stereocenters. The Labute approximate surface area is 149 Å². The number of nitrogens with zero attached hydrogens (tertiary/aromatic N) is 1. The van der Waals surface area contributed by atoms with Crippen LogP contribution in [0.25, 0.3) is 0 Å². The van der Waals surface area contributed by atoms with E-state index in [1.54, 1.807) is 31.3 Å². The highest BCUT2D eigenvalue weighted by Crippen LogP contribution is 2.34. The molecule has 0 bridgehead atoms. The Morgan fingerprint density at radius 3 is 2.48 bits per heavy atom. The molecule has 136 valence electrons. The number of para-hydroxylation sites is 1. The number of likely N-dealkylation sites (N-methyl/N-ethyl adjacent to an activating group) is 1. The summed E-state index contributed by atoms with van der Waals surface area (Å²) in [6.45, 7) is 4.54. The van der Waals surface area contributed by atoms with Crippen LogP contribution in [0.5, 0.6) is 0 Å². The summed E-state index contributed by atoms with van der Waals surface area (Å²) in [5.74, 6) is -0.708. The summed E-state index contributed by atoms with van der Waals surface area (Å²) in [6.07, 6.45) is 3.59. The number of ketones is 1. The van der Waals surface area contributed by atoms with Gasteiger partial charge in [0.1, 0.15) is 0 Å². The molecule has 0 saturated heterocycles. The van der Waals surface area contributed by atoms with E-state index in [1.165, 1.54) is 4.90 Å². The SMILES string of the molecule is CCCCNC(=O)NC1(CCCC)C(=O)c2ccccc2N(C)C1=O. The quantitative estimate of drug-likeness (QED) is 0.589. The molecule has 2 N–H and O–H groups in total. The summed E-state index contributed by atoms with van der Waals surface area (Å²) < 4.78 is 0. The molecule has 1 aliphatic rings. The van der Waals surface area contributed by atoms with Crippen molar-refractivity contribution in [2.75, 3.05) is 18.5 Å². The summed E-state index contributed by atoms with van der Waals surface area (Å²) in [4.78, 5) is 40.0. The predicted molar refractivity (Wildman–Crippen MR) is 97.9 cm³/mol. The van der Waals surface area contributed by atoms with Gasteiger partial charge in [0.15, 0.2) is 11.3 Å². The van der Waals surface area contributed by atoms with Crippen LogP contribution in [0.3, 0.4) is 0 Å². The average molecular weight is 345 g/mol. The lowest BCUT2D eigenvalue weighted by Gasteiger charge is -2.40. The first-order valence-corrected chi connectivity index (χ1v) is 8.96. The number of benzene rings is 1. The number of amides is 3. The van der Waals surface area contributed by atoms with Crippen LogP contribution in [0.1, 0.15) is 56.3 Å². The fraction of sp³-hybridized carbons (Fsp3) is 0.526. The van der Waals surface area contributed by atoms with Crippen LogP contribution < -0.4 is 15.5 Å². The lowest BCUT2D eigenvalue weighted by Crippen LogP contribution is -2.67. The van der Waals surface area contributed by atoms with Gasteiger partial charge in [-0.1, -0.05) is 45.2 Å². The van der Waals surface area contributed by atoms with E-state index in [4.69, 9.17) is 0 Å². The van der Waals surface area contributed by atoms with E-state index in [9.17, 15) is 14.4 Å². The molecule has 1 aromatic carbocycles. The summed E-state index contributed by atoms with van der Waals surface area (Å²) in [7, 11) is 1.64. The summed E-state index contributed by atoms with van der Waals surface area (Å²) in [5.41, 5.74) is -0.484. The van der Waals surface area contributed by atoms with Crippen molar-refractivity contribution in [1.29, 1.82) is 0 Å². The first kappa shape index (κ1) is 19.0. The van der Waals surface area contributed by atoms with Crippen molar-refractivity contribution in [3.05, 3.63) is 29.8 Å². The Bertz CT molecular complexity index is 659. The molecule has 2 rings (SSSR count). The molecule has 1 unspecified atom stereocenters. The summed E-state index contributed by atoms with van der Waals surface area (Å²) >= 11 is 0. The molecule has 0 spiro atoms. The number of carbonyl (C=O) groups is 3. The molecule has 1 heterocycles. The number of hydrogen-bond acceptors (Lipinski definition) is 3. The number of unbranched alkanes of at least 4 members (excludes halogenated alkanes) is 2. The Balaban J connectivity index is 2.36. The zero-order chi connectivity index (χ0) is 18.4. The van der Waals surface area contributed by atoms with Crippen molar-refractivity contribution >= 4 is 23.4 Å². The average Bonchev–Trinajstić information content (AvgIpc) is 2.62. The Kier molecular flexibility index (Phi) is 6.17. The van der Waals surface area contributed by atoms with Crippen LogP contribution in [0.15, 0.2) is 24.3 Å². The van der Waals surface area contributed by atoms with Crippen LogP contribution in [0.4, 0.5) is 10.5 Å². The highest BCUT2D eigenvalue weighted by atomic mass is 16.2. The molecular formula is C19H27N3O3. The maximum Gasteiger partial charge on any atom is 0.316 e. The minimum absolute atomic E-state index is 0.293. The van der Waals surface area contributed by atoms with Crippen LogP contribution in [0.2, 0.25) is 0 Å². The first-order chi connectivity index (χ1) is 12.0. The Hall–Kier alpha value is -2.37. The molecule has 0 saturated carbocycles. The monoisotopic (exact) mass is 345 g/mol. The molecule has 0 aromatic heterocycles. The van der Waals surface area contributed by atoms with Crippen LogP contribution in [-0.2, 0) is 4.79 Å². The minimum Gasteiger partial charge on any atom is -0.338 e. The van der Waals surface area contributed by atoms with E-state index < -0.39 is 11.6 Å². The number of carbonyl (C=O) groups excluding carboxylic acids is 3. The van der Waals surface area contributed by atoms with E-state index in [1.807, 2.05) is 13.8 Å². The number of hydrogen-bond donors (Lipinski definition) is 2. The lowest BCUT2D eigenvalue weighted by atomic mass is 9.79. The smallest absolute Gasteiger partial charge is 0.316 e. The van der Waals surface area contributed by atoms with Gasteiger partial charge in [0.05, 0.1) is 5.69 Å². The van der Waals surface area contributed by atoms with Gasteiger partial charge in [0, 0.05) is 19.2 Å². The number of anilines is 1. The maximum atomic E-state index is 13.2. The fourth-order valence-corrected chi connectivity index (χ4v) is 3.13. The van der Waals surface area contributed by atoms with Gasteiger partial charge in [-0.25, -0.2) is 4.79 Å². The summed E-state index contributed by atoms with van der Waals surface area (Å²) in [6, 6.07) is 6.54. The van der Waals surface area contributed by atoms with E-state index >= 15 is 0 Å². The second kappa shape index (κ2) is 8.14. The fourth-order valence-electron chi connectivity index (χ4n) is 3.13. The van der Waals surface area contributed by atoms with Gasteiger partial charge in [-0.05, 0) is 25.0 Å². The standard InChI is InChI=1S/C19H27N3O3/c1-4-6-12-19(21-18(25)20-13-7-5-2)16(23)14-10-8-9-11-15(14)22(3)17(19)24/h8-11H,4-7,12-13H2,1-3H3,(H2,20,21,25). The van der Waals surface area contributed by atoms with Gasteiger partial charge in [0.25, 0.3) is 5.91 Å². The number of Topliss-reactive ketones (excluding diaryl/α,β-unsaturated/α-hetero) is 1. The van der Waals surface area contributed by atoms with Gasteiger partial charge in [-0.2, -0.15) is 0 Å². The number of fused-ring (bicyclic) bond motifs is 1. The normalized spacial score (nSPS) is 19.6. The largest absolute Gasteiger partial charge is 0.338 e. The molecule has 0 fully saturated rings. The van der Waals surface area contributed by atoms with Crippen LogP contribution in [-0.4, -0.2) is 36.9 Å². The van der Waals surface area contributed by atoms with Gasteiger partial charge in [-0.3, -0.25) is 9.59 Å². The minimum atomic E-state index is -1.53. The topological polar surface area (TPSA) is 78.5 Å². The zero-order valence-electron chi connectivity index (χ0n) is 15.2. The van der Waals surface area contributed by atoms with Crippen molar-refractivity contribution < 1.29 is 14.4 Å². The van der Waals surface area contributed by atoms with Crippen molar-refractivity contribution in [3.63, 3.8) is 0 Å². The highest BCUT2D eigenvalue weighted by Gasteiger charge is 2.52. The van der Waals surface area contributed by atoms with Gasteiger partial charge in [0.2, 0.25) is 0 Å². The molecule has 1 aliphatic heterocycles. The third kappa shape index (κ3) is 3.67. The molecule has 1 aromatic rings. The second-order valence-corrected chi connectivity index (χ2v) is 6.45. The molecule has 3 amide bonds. The number of rotatable bonds is 7. The molecule has 0 aliphatic carbocycles. The second-order valence-electron chi connectivity index (χ2n) is 6.45. The van der Waals surface area contributed by atoms with Crippen LogP contribution in [0, 0.1) is 0 Å². The molecular weight excluding hydrogens is 318 g/mol. The van der Waals surface area contributed by atoms with Crippen molar-refractivity contribution in [1.82, 2.24) is 10.6 Å². The van der Waals surface area contributed by atoms with E-state index in [2.05, 4.69) is 10.6 Å². The summed E-state index contributed by atoms with van der Waals surface area (Å²) in [5, 5.41) is 5.45. The Morgan fingerprint density at radius 1 is 1.12 bits per heavy atom. The van der Waals surface area contributed by atoms with Gasteiger partial charge >= 0.3 is 6.03 Å². The van der Waals surface area contributed by atoms with Gasteiger partial charge in [-0.15, -0.1) is 0 Å². The van der Waals surface area contributed by atoms with E-state index in [0.717, 1.165) is 19.3 Å². The number of urea groups is 1. The predicted octanol–water partition coefficient (Wildman–Crippen LogP) is 2.87. The Morgan fingerprint density at radius 2 is 1.80 bits per heavy atom. The highest BCUT2D eigenvalue weighted by molar-refractivity contribution is 6.28. The van der Waals surface area contributed by atoms with E-state index in [0.29, 0.717) is 30.6 Å². The lowest BCUT2D eigenvalue weighted by molar-refractivity contribution is -0.123. The van der Waals surface area contributed by atoms with Crippen LogP contribution >= 0.6 is 0 Å². The molecule has 6 nitrogen and oxygen atoms in total. The molecule has 6 heteroatoms. The molecule has 0 radical (unpaired) electrons. The van der Waals surface area contributed by atoms with Crippen molar-refractivity contribution in [3.8, 4) is 0 Å². The third-order valence-electron chi connectivity index (χ3n) is 4.62. The first-order valence-electron chi connectivity index (χ1n) is 8.96.